The van der Waals surface area contributed by atoms with Crippen molar-refractivity contribution in [3.8, 4) is 5.75 Å². The fourth-order valence-corrected chi connectivity index (χ4v) is 18.5. The van der Waals surface area contributed by atoms with E-state index < -0.39 is 228 Å². The van der Waals surface area contributed by atoms with E-state index in [0.717, 1.165) is 31.6 Å². The summed E-state index contributed by atoms with van der Waals surface area (Å²) in [7, 11) is 2.61. The Balaban J connectivity index is 1.09. The fourth-order valence-electron chi connectivity index (χ4n) is 16.7. The number of nitrogens with two attached hydrogens (primary N) is 3. The Hall–Kier alpha value is -13.1. The maximum absolute atomic E-state index is 15.7. The minimum absolute atomic E-state index is 0.000212. The zero-order valence-electron chi connectivity index (χ0n) is 76.4. The highest BCUT2D eigenvalue weighted by atomic mass is 32.2. The molecule has 22 N–H and O–H groups in total. The number of phenolic OH excluding ortho intramolecular Hbond substituents is 1. The molecule has 3 fully saturated rings. The smallest absolute Gasteiger partial charge is 0.246 e. The number of hydrogen-bond acceptors (Lipinski definition) is 23. The van der Waals surface area contributed by atoms with Crippen LogP contribution >= 0.6 is 23.1 Å². The number of fused-ring (bicyclic) bond motifs is 4. The third-order valence-corrected chi connectivity index (χ3v) is 26.1. The van der Waals surface area contributed by atoms with E-state index in [1.54, 1.807) is 50.4 Å². The Labute approximate surface area is 784 Å². The van der Waals surface area contributed by atoms with E-state index in [2.05, 4.69) is 73.4 Å². The number of rotatable bonds is 26. The van der Waals surface area contributed by atoms with Crippen LogP contribution in [0.5, 0.6) is 5.75 Å². The second-order valence-corrected chi connectivity index (χ2v) is 36.5. The zero-order valence-corrected chi connectivity index (χ0v) is 78.0. The Morgan fingerprint density at radius 3 is 1.77 bits per heavy atom. The second kappa shape index (κ2) is 50.7. The van der Waals surface area contributed by atoms with E-state index in [0.29, 0.717) is 59.0 Å². The number of likely N-dealkylation sites (N-methyl/N-ethyl adjacent to an activating group) is 2. The van der Waals surface area contributed by atoms with E-state index in [4.69, 9.17) is 22.6 Å². The van der Waals surface area contributed by atoms with Crippen molar-refractivity contribution in [1.82, 2.24) is 93.0 Å². The van der Waals surface area contributed by atoms with Crippen molar-refractivity contribution in [2.75, 3.05) is 58.4 Å². The number of aliphatic hydroxyl groups excluding tert-OH is 1. The molecule has 0 bridgehead atoms. The van der Waals surface area contributed by atoms with Crippen LogP contribution in [0, 0.1) is 17.2 Å². The number of phenols is 1. The summed E-state index contributed by atoms with van der Waals surface area (Å²) in [6, 6.07) is 0.531. The molecule has 41 nitrogen and oxygen atoms in total. The molecule has 0 unspecified atom stereocenters. The molecular formula is C91H126N22O19S2. The number of aliphatic hydroxyl groups is 1. The van der Waals surface area contributed by atoms with Crippen LogP contribution in [0.3, 0.4) is 0 Å². The van der Waals surface area contributed by atoms with Crippen molar-refractivity contribution < 1.29 is 91.7 Å². The van der Waals surface area contributed by atoms with Crippen LogP contribution in [-0.4, -0.2) is 288 Å². The number of thiophene rings is 1. The molecule has 3 saturated heterocycles. The Kier molecular flexibility index (Phi) is 39.6. The highest BCUT2D eigenvalue weighted by Crippen LogP contribution is 2.30. The molecule has 16 amide bonds. The summed E-state index contributed by atoms with van der Waals surface area (Å²) in [5.74, 6) is -18.0. The molecular weight excluding hydrogens is 1770 g/mol. The number of benzene rings is 3. The van der Waals surface area contributed by atoms with Gasteiger partial charge in [-0.3, -0.25) is 86.9 Å². The number of guanidine groups is 1. The molecule has 726 valence electrons. The average Bonchev–Trinajstić information content (AvgIpc) is 1.72. The molecule has 134 heavy (non-hydrogen) atoms. The van der Waals surface area contributed by atoms with E-state index >= 15 is 38.4 Å². The van der Waals surface area contributed by atoms with Crippen LogP contribution in [-0.2, 0) is 107 Å². The van der Waals surface area contributed by atoms with Crippen molar-refractivity contribution >= 4 is 150 Å². The third-order valence-electron chi connectivity index (χ3n) is 24.0. The van der Waals surface area contributed by atoms with E-state index in [1.807, 2.05) is 37.4 Å². The molecule has 3 aliphatic heterocycles. The molecule has 9 rings (SSSR count). The number of amides is 16. The molecule has 3 aliphatic rings. The monoisotopic (exact) mass is 1890 g/mol. The van der Waals surface area contributed by atoms with Crippen molar-refractivity contribution in [2.24, 2.45) is 29.0 Å². The maximum atomic E-state index is 15.7. The molecule has 3 aromatic carbocycles. The van der Waals surface area contributed by atoms with Gasteiger partial charge in [-0.2, -0.15) is 0 Å². The first-order valence-electron chi connectivity index (χ1n) is 45.2. The molecule has 0 radical (unpaired) electrons. The first kappa shape index (κ1) is 105. The topological polar surface area (TPSA) is 622 Å². The number of carbonyl (C=O) groups is 17. The van der Waals surface area contributed by atoms with Gasteiger partial charge < -0.3 is 115 Å². The Morgan fingerprint density at radius 2 is 1.14 bits per heavy atom. The number of nitrogens with one attached hydrogen (secondary N) is 14. The van der Waals surface area contributed by atoms with E-state index in [-0.39, 0.29) is 115 Å². The molecule has 0 saturated carbocycles. The summed E-state index contributed by atoms with van der Waals surface area (Å²) in [5.41, 5.74) is 19.4. The number of para-hydroxylation sites is 1. The lowest BCUT2D eigenvalue weighted by Gasteiger charge is -2.33. The van der Waals surface area contributed by atoms with Crippen LogP contribution in [0.25, 0.3) is 21.0 Å². The number of Topliss-reactive ketones (excluding diaryl/α,β-unsaturated/α-hetero) is 1. The van der Waals surface area contributed by atoms with Crippen molar-refractivity contribution in [3.05, 3.63) is 119 Å². The van der Waals surface area contributed by atoms with Gasteiger partial charge in [0, 0.05) is 111 Å². The molecule has 3 aromatic heterocycles. The van der Waals surface area contributed by atoms with Gasteiger partial charge >= 0.3 is 0 Å². The summed E-state index contributed by atoms with van der Waals surface area (Å²) >= 11 is 2.14. The van der Waals surface area contributed by atoms with Crippen LogP contribution in [0.15, 0.2) is 96.9 Å². The normalized spacial score (nSPS) is 24.3. The SMILES string of the molecule is CCCC[C@@H]1CC(=O)[C@H](CCCC)N(C)C(=O)[C@H](Cc2csc3ccccc23)NC(=O)[C@H](CO)NC(=O)[C@H](Cc2c[nH]c3ccccc23)NC(=O)[C@H]2CCCN2C(=O)[C@H](CC(C)C)NC(=O)[C@H](Cc2cnc[nH]2)NC(=O)[C@@H]2CCCN2C(=O)[C@H](CC(N)=O)NC(=O)[C@@H](C)N(C)C(=O)[C@H](Cc2ccc(O)cc2)NC(=O)CSC[C@@H](C(=O)NCC(N)=O)NC(=O)[C@H](CCCNC(=N)N)NC1=O. The number of primary amides is 2. The lowest BCUT2D eigenvalue weighted by atomic mass is 9.90. The van der Waals surface area contributed by atoms with Gasteiger partial charge in [0.25, 0.3) is 0 Å². The first-order chi connectivity index (χ1) is 64.0. The minimum Gasteiger partial charge on any atom is -0.508 e. The lowest BCUT2D eigenvalue weighted by Crippen LogP contribution is -2.61. The fraction of sp³-hybridized carbons (Fsp3) is 0.527. The van der Waals surface area contributed by atoms with Gasteiger partial charge in [0.2, 0.25) is 94.5 Å². The quantitative estimate of drug-likeness (QED) is 0.0186. The molecule has 6 aromatic rings. The maximum Gasteiger partial charge on any atom is 0.246 e. The van der Waals surface area contributed by atoms with Gasteiger partial charge in [-0.1, -0.05) is 102 Å². The van der Waals surface area contributed by atoms with Crippen molar-refractivity contribution in [1.29, 1.82) is 5.41 Å². The van der Waals surface area contributed by atoms with Gasteiger partial charge in [0.1, 0.15) is 78.3 Å². The predicted molar refractivity (Wildman–Crippen MR) is 498 cm³/mol. The third kappa shape index (κ3) is 29.7. The number of H-pyrrole nitrogens is 2. The standard InChI is InChI=1S/C91H126N22O19S2/c1-8-10-19-53-39-73(116)70(24-11-9-2)111(7)88(130)66(38-55-46-134-74-27-15-13-21-59(55)74)107-84(126)68(45-114)108-82(124)62(37-54-42-98-60-22-14-12-20-58(54)60)103-85(127)71-25-17-33-112(71)89(131)64(35-50(3)4)106-83(125)63(40-56-43-96-49-100-56)104-86(128)72-26-18-34-113(72)90(132)67(41-75(92)117)105-78(120)51(5)110(6)87(129)65(36-52-28-30-57(115)31-29-52)101-77(119)48-133-47-69(80(122)99-44-76(93)118)109-81(123)61(102-79(53)121)23-16-32-97-91(94)95/h12-15,20-22,27-31,42-43,46,49-51,53,61-72,98,114-115H,8-11,16-19,23-26,32-41,44-45,47-48H2,1-7H3,(H2,92,117)(H2,93,118)(H,96,100)(H,99,122)(H,101,119)(H,102,121)(H,103,127)(H,104,128)(H,105,120)(H,106,125)(H,107,126)(H,108,124)(H,109,123)(H4,94,95,97)/t51-,53-,61+,62+,63+,64+,65+,66+,67+,68+,69+,70+,71-,72+/m1/s1. The van der Waals surface area contributed by atoms with E-state index in [1.165, 1.54) is 78.9 Å². The van der Waals surface area contributed by atoms with Crippen LogP contribution in [0.2, 0.25) is 0 Å². The van der Waals surface area contributed by atoms with Gasteiger partial charge in [0.05, 0.1) is 37.7 Å². The number of unbranched alkanes of at least 4 members (excludes halogenated alkanes) is 2. The highest BCUT2D eigenvalue weighted by Gasteiger charge is 2.45. The molecule has 43 heteroatoms. The molecule has 0 aliphatic carbocycles. The Morgan fingerprint density at radius 1 is 0.575 bits per heavy atom. The van der Waals surface area contributed by atoms with Gasteiger partial charge in [-0.15, -0.1) is 23.1 Å². The number of aromatic nitrogens is 3. The lowest BCUT2D eigenvalue weighted by molar-refractivity contribution is -0.145. The molecule has 14 atom stereocenters. The summed E-state index contributed by atoms with van der Waals surface area (Å²) in [5, 5.41) is 61.9. The second-order valence-electron chi connectivity index (χ2n) is 34.6. The van der Waals surface area contributed by atoms with Gasteiger partial charge in [-0.25, -0.2) is 4.98 Å². The highest BCUT2D eigenvalue weighted by molar-refractivity contribution is 8.00. The summed E-state index contributed by atoms with van der Waals surface area (Å²) in [4.78, 5) is 265. The first-order valence-corrected chi connectivity index (χ1v) is 47.3. The Bertz CT molecular complexity index is 5170. The number of aromatic amines is 2. The van der Waals surface area contributed by atoms with Crippen LogP contribution in [0.4, 0.5) is 0 Å². The number of imidazole rings is 1. The predicted octanol–water partition coefficient (Wildman–Crippen LogP) is -0.418. The number of ketones is 1. The van der Waals surface area contributed by atoms with Crippen molar-refractivity contribution in [2.45, 2.75) is 235 Å². The van der Waals surface area contributed by atoms with Gasteiger partial charge in [-0.05, 0) is 122 Å². The number of carbonyl (C=O) groups excluding carboxylic acids is 17. The zero-order chi connectivity index (χ0) is 97.6. The van der Waals surface area contributed by atoms with Crippen molar-refractivity contribution in [3.63, 3.8) is 0 Å². The molecule has 6 heterocycles. The molecule has 0 spiro atoms. The average molecular weight is 1900 g/mol. The number of aromatic hydroxyl groups is 1. The number of thioether (sulfide) groups is 1. The van der Waals surface area contributed by atoms with Gasteiger partial charge in [0.15, 0.2) is 11.7 Å². The summed E-state index contributed by atoms with van der Waals surface area (Å²) in [6.45, 7) is 6.74. The largest absolute Gasteiger partial charge is 0.508 e. The minimum atomic E-state index is -1.83. The summed E-state index contributed by atoms with van der Waals surface area (Å²) in [6.07, 6.45) is 4.54. The number of hydrogen-bond donors (Lipinski definition) is 19. The summed E-state index contributed by atoms with van der Waals surface area (Å²) < 4.78 is 0.833. The number of nitrogens with zero attached hydrogens (tertiary/aromatic N) is 5. The van der Waals surface area contributed by atoms with E-state index in [9.17, 15) is 53.4 Å². The van der Waals surface area contributed by atoms with Crippen LogP contribution in [0.1, 0.15) is 153 Å². The van der Waals surface area contributed by atoms with Crippen LogP contribution < -0.4 is 75.7 Å².